The summed E-state index contributed by atoms with van der Waals surface area (Å²) in [5.41, 5.74) is 2.83. The molecular formula is C19H24N2O2. The molecule has 4 heteroatoms. The number of esters is 1. The lowest BCUT2D eigenvalue weighted by atomic mass is 10.1. The lowest BCUT2D eigenvalue weighted by Gasteiger charge is -2.05. The average Bonchev–Trinajstić information content (AvgIpc) is 2.60. The van der Waals surface area contributed by atoms with E-state index in [0.29, 0.717) is 12.2 Å². The maximum atomic E-state index is 11.3. The first-order chi connectivity index (χ1) is 11.2. The van der Waals surface area contributed by atoms with Crippen LogP contribution in [-0.2, 0) is 11.2 Å². The van der Waals surface area contributed by atoms with Gasteiger partial charge in [-0.1, -0.05) is 33.1 Å². The van der Waals surface area contributed by atoms with Crippen LogP contribution in [0.5, 0.6) is 5.75 Å². The second-order valence-electron chi connectivity index (χ2n) is 5.56. The van der Waals surface area contributed by atoms with Crippen molar-refractivity contribution in [2.24, 2.45) is 0 Å². The van der Waals surface area contributed by atoms with E-state index >= 15 is 0 Å². The molecule has 0 saturated heterocycles. The summed E-state index contributed by atoms with van der Waals surface area (Å²) >= 11 is 0. The minimum atomic E-state index is -0.232. The predicted molar refractivity (Wildman–Crippen MR) is 91.2 cm³/mol. The Bertz CT molecular complexity index is 606. The van der Waals surface area contributed by atoms with Crippen molar-refractivity contribution in [3.63, 3.8) is 0 Å². The van der Waals surface area contributed by atoms with Crippen LogP contribution in [0, 0.1) is 0 Å². The molecule has 0 spiro atoms. The number of aryl methyl sites for hydroxylation is 1. The van der Waals surface area contributed by atoms with Crippen molar-refractivity contribution >= 4 is 5.97 Å². The number of hydrogen-bond donors (Lipinski definition) is 0. The Kier molecular flexibility index (Phi) is 6.73. The minimum Gasteiger partial charge on any atom is -0.427 e. The van der Waals surface area contributed by atoms with Gasteiger partial charge < -0.3 is 4.74 Å². The summed E-state index contributed by atoms with van der Waals surface area (Å²) in [7, 11) is 0. The second kappa shape index (κ2) is 9.03. The van der Waals surface area contributed by atoms with Gasteiger partial charge in [0.15, 0.2) is 0 Å². The van der Waals surface area contributed by atoms with E-state index in [-0.39, 0.29) is 5.97 Å². The molecule has 23 heavy (non-hydrogen) atoms. The van der Waals surface area contributed by atoms with Crippen molar-refractivity contribution < 1.29 is 9.53 Å². The minimum absolute atomic E-state index is 0.232. The van der Waals surface area contributed by atoms with Crippen molar-refractivity contribution in [3.05, 3.63) is 42.4 Å². The zero-order valence-corrected chi connectivity index (χ0v) is 13.9. The molecule has 122 valence electrons. The lowest BCUT2D eigenvalue weighted by molar-refractivity contribution is -0.134. The number of aromatic nitrogens is 2. The third-order valence-corrected chi connectivity index (χ3v) is 3.66. The number of unbranched alkanes of at least 4 members (excludes halogenated alkanes) is 3. The Balaban J connectivity index is 1.95. The normalized spacial score (nSPS) is 10.5. The number of ether oxygens (including phenoxy) is 1. The van der Waals surface area contributed by atoms with Gasteiger partial charge in [-0.2, -0.15) is 0 Å². The highest BCUT2D eigenvalue weighted by atomic mass is 16.5. The number of benzene rings is 1. The zero-order chi connectivity index (χ0) is 16.5. The average molecular weight is 312 g/mol. The van der Waals surface area contributed by atoms with E-state index in [1.165, 1.54) is 25.7 Å². The number of rotatable bonds is 8. The first-order valence-electron chi connectivity index (χ1n) is 8.35. The Morgan fingerprint density at radius 1 is 1.00 bits per heavy atom. The Morgan fingerprint density at radius 2 is 1.78 bits per heavy atom. The zero-order valence-electron chi connectivity index (χ0n) is 13.9. The molecule has 2 aromatic rings. The van der Waals surface area contributed by atoms with Crippen LogP contribution in [0.1, 0.15) is 51.6 Å². The number of nitrogens with zero attached hydrogens (tertiary/aromatic N) is 2. The SMILES string of the molecule is CCCCCCc1cnc(-c2ccc(OC(=O)CC)cc2)cn1. The third-order valence-electron chi connectivity index (χ3n) is 3.66. The van der Waals surface area contributed by atoms with Crippen molar-refractivity contribution in [2.75, 3.05) is 0 Å². The molecule has 0 aliphatic carbocycles. The summed E-state index contributed by atoms with van der Waals surface area (Å²) in [4.78, 5) is 20.2. The van der Waals surface area contributed by atoms with Crippen LogP contribution in [0.4, 0.5) is 0 Å². The van der Waals surface area contributed by atoms with Gasteiger partial charge in [0.05, 0.1) is 17.6 Å². The van der Waals surface area contributed by atoms with Gasteiger partial charge in [-0.25, -0.2) is 0 Å². The first kappa shape index (κ1) is 17.1. The summed E-state index contributed by atoms with van der Waals surface area (Å²) in [5, 5.41) is 0. The van der Waals surface area contributed by atoms with E-state index in [0.717, 1.165) is 23.4 Å². The van der Waals surface area contributed by atoms with Crippen LogP contribution < -0.4 is 4.74 Å². The monoisotopic (exact) mass is 312 g/mol. The van der Waals surface area contributed by atoms with Crippen LogP contribution >= 0.6 is 0 Å². The molecular weight excluding hydrogens is 288 g/mol. The van der Waals surface area contributed by atoms with Gasteiger partial charge >= 0.3 is 5.97 Å². The van der Waals surface area contributed by atoms with Crippen LogP contribution in [0.2, 0.25) is 0 Å². The molecule has 1 aromatic carbocycles. The molecule has 0 aliphatic rings. The van der Waals surface area contributed by atoms with Crippen molar-refractivity contribution in [3.8, 4) is 17.0 Å². The van der Waals surface area contributed by atoms with E-state index < -0.39 is 0 Å². The number of hydrogen-bond acceptors (Lipinski definition) is 4. The fourth-order valence-corrected chi connectivity index (χ4v) is 2.26. The highest BCUT2D eigenvalue weighted by Crippen LogP contribution is 2.20. The fourth-order valence-electron chi connectivity index (χ4n) is 2.26. The molecule has 1 aromatic heterocycles. The molecule has 0 N–H and O–H groups in total. The van der Waals surface area contributed by atoms with Crippen LogP contribution in [0.25, 0.3) is 11.3 Å². The molecule has 0 fully saturated rings. The summed E-state index contributed by atoms with van der Waals surface area (Å²) < 4.78 is 5.16. The molecule has 0 saturated carbocycles. The molecule has 1 heterocycles. The molecule has 4 nitrogen and oxygen atoms in total. The highest BCUT2D eigenvalue weighted by molar-refractivity contribution is 5.72. The van der Waals surface area contributed by atoms with E-state index in [9.17, 15) is 4.79 Å². The highest BCUT2D eigenvalue weighted by Gasteiger charge is 2.04. The topological polar surface area (TPSA) is 52.1 Å². The third kappa shape index (κ3) is 5.47. The smallest absolute Gasteiger partial charge is 0.310 e. The maximum Gasteiger partial charge on any atom is 0.310 e. The Hall–Kier alpha value is -2.23. The predicted octanol–water partition coefficient (Wildman–Crippen LogP) is 4.58. The fraction of sp³-hybridized carbons (Fsp3) is 0.421. The summed E-state index contributed by atoms with van der Waals surface area (Å²) in [6.07, 6.45) is 9.95. The van der Waals surface area contributed by atoms with Gasteiger partial charge in [-0.3, -0.25) is 14.8 Å². The molecule has 0 aliphatic heterocycles. The molecule has 0 bridgehead atoms. The van der Waals surface area contributed by atoms with Gasteiger partial charge in [0.1, 0.15) is 5.75 Å². The number of carbonyl (C=O) groups excluding carboxylic acids is 1. The quantitative estimate of drug-likeness (QED) is 0.406. The van der Waals surface area contributed by atoms with Crippen molar-refractivity contribution in [1.29, 1.82) is 0 Å². The molecule has 0 atom stereocenters. The van der Waals surface area contributed by atoms with Gasteiger partial charge in [0, 0.05) is 18.2 Å². The van der Waals surface area contributed by atoms with E-state index in [1.807, 2.05) is 24.5 Å². The van der Waals surface area contributed by atoms with Gasteiger partial charge in [0.2, 0.25) is 0 Å². The molecule has 0 amide bonds. The molecule has 2 rings (SSSR count). The largest absolute Gasteiger partial charge is 0.427 e. The van der Waals surface area contributed by atoms with E-state index in [2.05, 4.69) is 16.9 Å². The van der Waals surface area contributed by atoms with Gasteiger partial charge in [0.25, 0.3) is 0 Å². The first-order valence-corrected chi connectivity index (χ1v) is 8.35. The van der Waals surface area contributed by atoms with Crippen molar-refractivity contribution in [1.82, 2.24) is 9.97 Å². The second-order valence-corrected chi connectivity index (χ2v) is 5.56. The lowest BCUT2D eigenvalue weighted by Crippen LogP contribution is -2.05. The standard InChI is InChI=1S/C19H24N2O2/c1-3-5-6-7-8-16-13-21-18(14-20-16)15-9-11-17(12-10-15)23-19(22)4-2/h9-14H,3-8H2,1-2H3. The Morgan fingerprint density at radius 3 is 2.39 bits per heavy atom. The van der Waals surface area contributed by atoms with Gasteiger partial charge in [-0.05, 0) is 37.1 Å². The summed E-state index contributed by atoms with van der Waals surface area (Å²) in [6.45, 7) is 3.99. The Labute approximate surface area is 137 Å². The maximum absolute atomic E-state index is 11.3. The number of carbonyl (C=O) groups is 1. The molecule has 0 radical (unpaired) electrons. The van der Waals surface area contributed by atoms with E-state index in [4.69, 9.17) is 4.74 Å². The van der Waals surface area contributed by atoms with Crippen LogP contribution in [0.15, 0.2) is 36.7 Å². The summed E-state index contributed by atoms with van der Waals surface area (Å²) in [5.74, 6) is 0.325. The summed E-state index contributed by atoms with van der Waals surface area (Å²) in [6, 6.07) is 7.35. The van der Waals surface area contributed by atoms with E-state index in [1.54, 1.807) is 19.1 Å². The van der Waals surface area contributed by atoms with Gasteiger partial charge in [-0.15, -0.1) is 0 Å². The van der Waals surface area contributed by atoms with Crippen LogP contribution in [0.3, 0.4) is 0 Å². The van der Waals surface area contributed by atoms with Crippen molar-refractivity contribution in [2.45, 2.75) is 52.4 Å². The van der Waals surface area contributed by atoms with Crippen LogP contribution in [-0.4, -0.2) is 15.9 Å². The molecule has 0 unspecified atom stereocenters.